The minimum atomic E-state index is -3.48. The highest BCUT2D eigenvalue weighted by molar-refractivity contribution is 7.54. The second-order valence-corrected chi connectivity index (χ2v) is 9.41. The number of hydrogen-bond donors (Lipinski definition) is 1. The first kappa shape index (κ1) is 19.2. The van der Waals surface area contributed by atoms with Gasteiger partial charge in [-0.2, -0.15) is 0 Å². The maximum atomic E-state index is 13.3. The van der Waals surface area contributed by atoms with Gasteiger partial charge in [-0.1, -0.05) is 60.1 Å². The predicted molar refractivity (Wildman–Crippen MR) is 114 cm³/mol. The Kier molecular flexibility index (Phi) is 5.31. The molecule has 3 aromatic carbocycles. The lowest BCUT2D eigenvalue weighted by Gasteiger charge is -2.27. The van der Waals surface area contributed by atoms with Crippen molar-refractivity contribution in [1.29, 1.82) is 0 Å². The van der Waals surface area contributed by atoms with Crippen LogP contribution in [0.5, 0.6) is 0 Å². The minimum absolute atomic E-state index is 0.503. The van der Waals surface area contributed by atoms with Gasteiger partial charge in [0.25, 0.3) is 0 Å². The normalized spacial score (nSPS) is 13.7. The van der Waals surface area contributed by atoms with Crippen LogP contribution in [-0.4, -0.2) is 14.2 Å². The first-order valence-corrected chi connectivity index (χ1v) is 11.0. The fraction of sp³-hybridized carbons (Fsp3) is 0.182. The standard InChI is InChI=1S/C22H21ClNO3P/c1-26-28(25,27-2)22(20-9-5-6-10-21(20)23)24-17-11-12-19-16(14-17)13-15-7-3-4-8-18(15)19/h3-12,14,22,24H,13H2,1-2H3. The number of rotatable bonds is 6. The minimum Gasteiger partial charge on any atom is -0.368 e. The van der Waals surface area contributed by atoms with Gasteiger partial charge in [0.2, 0.25) is 0 Å². The first-order valence-electron chi connectivity index (χ1n) is 8.99. The van der Waals surface area contributed by atoms with E-state index in [9.17, 15) is 4.57 Å². The van der Waals surface area contributed by atoms with Crippen LogP contribution in [0.2, 0.25) is 5.02 Å². The molecule has 144 valence electrons. The van der Waals surface area contributed by atoms with Gasteiger partial charge >= 0.3 is 7.60 Å². The average molecular weight is 414 g/mol. The third-order valence-corrected chi connectivity index (χ3v) is 7.52. The Morgan fingerprint density at radius 2 is 1.61 bits per heavy atom. The van der Waals surface area contributed by atoms with E-state index in [0.29, 0.717) is 10.6 Å². The topological polar surface area (TPSA) is 47.6 Å². The fourth-order valence-corrected chi connectivity index (χ4v) is 5.47. The van der Waals surface area contributed by atoms with Gasteiger partial charge in [-0.05, 0) is 46.9 Å². The van der Waals surface area contributed by atoms with Gasteiger partial charge in [-0.3, -0.25) is 4.57 Å². The van der Waals surface area contributed by atoms with Crippen molar-refractivity contribution in [3.8, 4) is 11.1 Å². The Hall–Kier alpha value is -2.10. The van der Waals surface area contributed by atoms with Crippen molar-refractivity contribution >= 4 is 24.9 Å². The summed E-state index contributed by atoms with van der Waals surface area (Å²) in [6.45, 7) is 0. The highest BCUT2D eigenvalue weighted by atomic mass is 35.5. The van der Waals surface area contributed by atoms with Crippen LogP contribution < -0.4 is 5.32 Å². The van der Waals surface area contributed by atoms with Gasteiger partial charge in [0, 0.05) is 30.5 Å². The molecule has 6 heteroatoms. The van der Waals surface area contributed by atoms with E-state index in [2.05, 4.69) is 41.7 Å². The highest BCUT2D eigenvalue weighted by Crippen LogP contribution is 2.60. The summed E-state index contributed by atoms with van der Waals surface area (Å²) < 4.78 is 23.8. The lowest BCUT2D eigenvalue weighted by atomic mass is 10.1. The van der Waals surface area contributed by atoms with Gasteiger partial charge in [0.05, 0.1) is 0 Å². The zero-order valence-electron chi connectivity index (χ0n) is 15.7. The molecule has 0 radical (unpaired) electrons. The van der Waals surface area contributed by atoms with E-state index in [1.165, 1.54) is 36.5 Å². The number of benzene rings is 3. The molecule has 28 heavy (non-hydrogen) atoms. The van der Waals surface area contributed by atoms with Gasteiger partial charge in [-0.15, -0.1) is 0 Å². The van der Waals surface area contributed by atoms with Crippen LogP contribution in [0.3, 0.4) is 0 Å². The molecule has 1 N–H and O–H groups in total. The van der Waals surface area contributed by atoms with Gasteiger partial charge in [0.1, 0.15) is 0 Å². The summed E-state index contributed by atoms with van der Waals surface area (Å²) in [4.78, 5) is 0. The summed E-state index contributed by atoms with van der Waals surface area (Å²) in [7, 11) is -0.711. The largest absolute Gasteiger partial charge is 0.368 e. The van der Waals surface area contributed by atoms with E-state index in [-0.39, 0.29) is 0 Å². The Labute approximate surface area is 170 Å². The molecular weight excluding hydrogens is 393 g/mol. The van der Waals surface area contributed by atoms with Crippen molar-refractivity contribution in [1.82, 2.24) is 0 Å². The molecule has 0 aliphatic heterocycles. The molecule has 0 amide bonds. The zero-order valence-corrected chi connectivity index (χ0v) is 17.3. The third kappa shape index (κ3) is 3.38. The summed E-state index contributed by atoms with van der Waals surface area (Å²) in [5.41, 5.74) is 6.56. The SMILES string of the molecule is COP(=O)(OC)C(Nc1ccc2c(c1)Cc1ccccc1-2)c1ccccc1Cl. The molecule has 4 rings (SSSR count). The van der Waals surface area contributed by atoms with Crippen LogP contribution in [0, 0.1) is 0 Å². The second kappa shape index (κ2) is 7.73. The van der Waals surface area contributed by atoms with Gasteiger partial charge in [-0.25, -0.2) is 0 Å². The lowest BCUT2D eigenvalue weighted by molar-refractivity contribution is 0.268. The smallest absolute Gasteiger partial charge is 0.356 e. The number of nitrogens with one attached hydrogen (secondary N) is 1. The van der Waals surface area contributed by atoms with E-state index < -0.39 is 13.4 Å². The van der Waals surface area contributed by atoms with Crippen LogP contribution >= 0.6 is 19.2 Å². The highest BCUT2D eigenvalue weighted by Gasteiger charge is 2.37. The molecule has 0 bridgehead atoms. The lowest BCUT2D eigenvalue weighted by Crippen LogP contribution is -2.14. The van der Waals surface area contributed by atoms with Crippen molar-refractivity contribution in [3.05, 3.63) is 88.4 Å². The van der Waals surface area contributed by atoms with Gasteiger partial charge in [0.15, 0.2) is 5.78 Å². The average Bonchev–Trinajstić information content (AvgIpc) is 3.10. The van der Waals surface area contributed by atoms with Crippen molar-refractivity contribution in [2.24, 2.45) is 0 Å². The molecule has 0 saturated heterocycles. The molecular formula is C22H21ClNO3P. The Morgan fingerprint density at radius 1 is 0.929 bits per heavy atom. The summed E-state index contributed by atoms with van der Waals surface area (Å²) in [6, 6.07) is 21.9. The molecule has 4 nitrogen and oxygen atoms in total. The second-order valence-electron chi connectivity index (χ2n) is 6.68. The van der Waals surface area contributed by atoms with Crippen LogP contribution in [0.25, 0.3) is 11.1 Å². The summed E-state index contributed by atoms with van der Waals surface area (Å²) in [5, 5.41) is 3.84. The molecule has 0 spiro atoms. The van der Waals surface area contributed by atoms with E-state index in [1.54, 1.807) is 6.07 Å². The van der Waals surface area contributed by atoms with Crippen LogP contribution in [-0.2, 0) is 20.0 Å². The number of anilines is 1. The van der Waals surface area contributed by atoms with E-state index in [0.717, 1.165) is 12.1 Å². The number of halogens is 1. The summed E-state index contributed by atoms with van der Waals surface area (Å²) in [5.74, 6) is -0.724. The maximum Gasteiger partial charge on any atom is 0.356 e. The molecule has 0 heterocycles. The molecule has 1 atom stereocenters. The van der Waals surface area contributed by atoms with E-state index in [1.807, 2.05) is 24.3 Å². The molecule has 3 aromatic rings. The van der Waals surface area contributed by atoms with E-state index >= 15 is 0 Å². The quantitative estimate of drug-likeness (QED) is 0.366. The molecule has 1 unspecified atom stereocenters. The van der Waals surface area contributed by atoms with Crippen LogP contribution in [0.15, 0.2) is 66.7 Å². The molecule has 0 fully saturated rings. The van der Waals surface area contributed by atoms with Crippen molar-refractivity contribution in [3.63, 3.8) is 0 Å². The van der Waals surface area contributed by atoms with E-state index in [4.69, 9.17) is 20.6 Å². The summed E-state index contributed by atoms with van der Waals surface area (Å²) >= 11 is 6.39. The molecule has 1 aliphatic carbocycles. The molecule has 0 aromatic heterocycles. The fourth-order valence-electron chi connectivity index (χ4n) is 3.70. The third-order valence-electron chi connectivity index (χ3n) is 5.12. The predicted octanol–water partition coefficient (Wildman–Crippen LogP) is 6.51. The number of fused-ring (bicyclic) bond motifs is 3. The molecule has 1 aliphatic rings. The monoisotopic (exact) mass is 413 g/mol. The van der Waals surface area contributed by atoms with Crippen molar-refractivity contribution < 1.29 is 13.6 Å². The molecule has 0 saturated carbocycles. The zero-order chi connectivity index (χ0) is 19.7. The maximum absolute atomic E-state index is 13.3. The Bertz CT molecular complexity index is 1060. The van der Waals surface area contributed by atoms with Gasteiger partial charge < -0.3 is 14.4 Å². The number of hydrogen-bond acceptors (Lipinski definition) is 4. The Balaban J connectivity index is 1.72. The Morgan fingerprint density at radius 3 is 2.36 bits per heavy atom. The van der Waals surface area contributed by atoms with Crippen LogP contribution in [0.4, 0.5) is 5.69 Å². The summed E-state index contributed by atoms with van der Waals surface area (Å²) in [6.07, 6.45) is 0.879. The van der Waals surface area contributed by atoms with Crippen molar-refractivity contribution in [2.75, 3.05) is 19.5 Å². The first-order chi connectivity index (χ1) is 13.6. The van der Waals surface area contributed by atoms with Crippen molar-refractivity contribution in [2.45, 2.75) is 12.2 Å². The van der Waals surface area contributed by atoms with Crippen LogP contribution in [0.1, 0.15) is 22.5 Å².